The van der Waals surface area contributed by atoms with E-state index >= 15 is 0 Å². The fourth-order valence-corrected chi connectivity index (χ4v) is 4.78. The molecule has 1 atom stereocenters. The van der Waals surface area contributed by atoms with Crippen molar-refractivity contribution in [1.29, 1.82) is 0 Å². The van der Waals surface area contributed by atoms with Gasteiger partial charge in [0.2, 0.25) is 21.8 Å². The van der Waals surface area contributed by atoms with E-state index in [1.54, 1.807) is 36.4 Å². The zero-order chi connectivity index (χ0) is 27.6. The highest BCUT2D eigenvalue weighted by Gasteiger charge is 2.32. The molecule has 0 saturated carbocycles. The summed E-state index contributed by atoms with van der Waals surface area (Å²) in [5.41, 5.74) is 0.941. The van der Waals surface area contributed by atoms with Crippen molar-refractivity contribution in [3.63, 3.8) is 0 Å². The minimum Gasteiger partial charge on any atom is -0.497 e. The first kappa shape index (κ1) is 30.2. The number of carbonyl (C=O) groups excluding carboxylic acids is 2. The monoisotopic (exact) mass is 553 g/mol. The Morgan fingerprint density at radius 2 is 1.73 bits per heavy atom. The molecule has 11 heteroatoms. The van der Waals surface area contributed by atoms with Gasteiger partial charge in [-0.15, -0.1) is 0 Å². The molecule has 0 aliphatic rings. The van der Waals surface area contributed by atoms with Gasteiger partial charge < -0.3 is 19.7 Å². The van der Waals surface area contributed by atoms with Crippen molar-refractivity contribution in [3.05, 3.63) is 53.1 Å². The average molecular weight is 554 g/mol. The lowest BCUT2D eigenvalue weighted by atomic mass is 10.1. The van der Waals surface area contributed by atoms with Crippen LogP contribution in [0, 0.1) is 0 Å². The van der Waals surface area contributed by atoms with Crippen LogP contribution < -0.4 is 19.1 Å². The molecule has 0 radical (unpaired) electrons. The van der Waals surface area contributed by atoms with Gasteiger partial charge in [-0.3, -0.25) is 13.9 Å². The predicted octanol–water partition coefficient (Wildman–Crippen LogP) is 3.85. The second-order valence-corrected chi connectivity index (χ2v) is 10.9. The summed E-state index contributed by atoms with van der Waals surface area (Å²) in [6, 6.07) is 10.8. The lowest BCUT2D eigenvalue weighted by Crippen LogP contribution is -2.52. The molecule has 0 spiro atoms. The highest BCUT2D eigenvalue weighted by atomic mass is 35.5. The van der Waals surface area contributed by atoms with Crippen LogP contribution in [0.25, 0.3) is 0 Å². The van der Waals surface area contributed by atoms with E-state index in [1.807, 2.05) is 13.8 Å². The SMILES string of the molecule is CCCCNC(=O)C(CC)N(Cc1ccc(Cl)cc1)C(=O)CN(c1ccc(OC)cc1OC)S(C)(=O)=O. The van der Waals surface area contributed by atoms with Crippen molar-refractivity contribution < 1.29 is 27.5 Å². The fraction of sp³-hybridized carbons (Fsp3) is 0.462. The number of nitrogens with zero attached hydrogens (tertiary/aromatic N) is 2. The first-order valence-corrected chi connectivity index (χ1v) is 14.3. The minimum atomic E-state index is -3.90. The molecule has 0 fully saturated rings. The second kappa shape index (κ2) is 14.1. The Bertz CT molecular complexity index is 1160. The van der Waals surface area contributed by atoms with E-state index in [-0.39, 0.29) is 23.9 Å². The highest BCUT2D eigenvalue weighted by Crippen LogP contribution is 2.33. The number of ether oxygens (including phenoxy) is 2. The molecule has 9 nitrogen and oxygen atoms in total. The molecule has 0 heterocycles. The maximum Gasteiger partial charge on any atom is 0.244 e. The topological polar surface area (TPSA) is 105 Å². The highest BCUT2D eigenvalue weighted by molar-refractivity contribution is 7.92. The Morgan fingerprint density at radius 3 is 2.27 bits per heavy atom. The van der Waals surface area contributed by atoms with E-state index in [2.05, 4.69) is 5.32 Å². The summed E-state index contributed by atoms with van der Waals surface area (Å²) in [6.07, 6.45) is 3.09. The van der Waals surface area contributed by atoms with Gasteiger partial charge in [-0.05, 0) is 42.7 Å². The first-order chi connectivity index (χ1) is 17.5. The molecule has 0 bridgehead atoms. The maximum atomic E-state index is 13.8. The van der Waals surface area contributed by atoms with Gasteiger partial charge in [0.05, 0.1) is 26.2 Å². The summed E-state index contributed by atoms with van der Waals surface area (Å²) in [4.78, 5) is 28.2. The van der Waals surface area contributed by atoms with Crippen LogP contribution in [0.3, 0.4) is 0 Å². The zero-order valence-electron chi connectivity index (χ0n) is 22.0. The normalized spacial score (nSPS) is 11.9. The number of unbranched alkanes of at least 4 members (excludes halogenated alkanes) is 1. The Hall–Kier alpha value is -2.98. The third-order valence-corrected chi connectivity index (χ3v) is 7.19. The third-order valence-electron chi connectivity index (χ3n) is 5.82. The van der Waals surface area contributed by atoms with Gasteiger partial charge in [0.15, 0.2) is 0 Å². The van der Waals surface area contributed by atoms with Crippen molar-refractivity contribution in [2.75, 3.05) is 37.9 Å². The van der Waals surface area contributed by atoms with Gasteiger partial charge in [-0.2, -0.15) is 0 Å². The lowest BCUT2D eigenvalue weighted by molar-refractivity contribution is -0.140. The van der Waals surface area contributed by atoms with E-state index in [0.29, 0.717) is 23.7 Å². The van der Waals surface area contributed by atoms with Crippen LogP contribution in [0.5, 0.6) is 11.5 Å². The Morgan fingerprint density at radius 1 is 1.05 bits per heavy atom. The van der Waals surface area contributed by atoms with E-state index in [4.69, 9.17) is 21.1 Å². The van der Waals surface area contributed by atoms with Crippen molar-refractivity contribution in [2.24, 2.45) is 0 Å². The van der Waals surface area contributed by atoms with Crippen molar-refractivity contribution in [3.8, 4) is 11.5 Å². The summed E-state index contributed by atoms with van der Waals surface area (Å²) in [5, 5.41) is 3.43. The summed E-state index contributed by atoms with van der Waals surface area (Å²) in [5.74, 6) is -0.118. The Kier molecular flexibility index (Phi) is 11.5. The van der Waals surface area contributed by atoms with Crippen molar-refractivity contribution in [1.82, 2.24) is 10.2 Å². The molecule has 2 aromatic rings. The van der Waals surface area contributed by atoms with Crippen LogP contribution in [0.4, 0.5) is 5.69 Å². The number of halogens is 1. The molecule has 2 aromatic carbocycles. The molecular weight excluding hydrogens is 518 g/mol. The van der Waals surface area contributed by atoms with Crippen LogP contribution in [-0.4, -0.2) is 64.7 Å². The summed E-state index contributed by atoms with van der Waals surface area (Å²) >= 11 is 6.02. The molecule has 37 heavy (non-hydrogen) atoms. The third kappa shape index (κ3) is 8.53. The molecule has 1 unspecified atom stereocenters. The molecule has 1 N–H and O–H groups in total. The number of nitrogens with one attached hydrogen (secondary N) is 1. The fourth-order valence-electron chi connectivity index (χ4n) is 3.80. The Labute approximate surface area is 224 Å². The van der Waals surface area contributed by atoms with Gasteiger partial charge in [0.25, 0.3) is 0 Å². The van der Waals surface area contributed by atoms with E-state index in [9.17, 15) is 18.0 Å². The zero-order valence-corrected chi connectivity index (χ0v) is 23.6. The number of methoxy groups -OCH3 is 2. The van der Waals surface area contributed by atoms with Gasteiger partial charge in [0, 0.05) is 24.2 Å². The standard InChI is InChI=1S/C26H36ClN3O6S/c1-6-8-15-28-26(32)22(7-2)29(17-19-9-11-20(27)12-10-19)25(31)18-30(37(5,33)34)23-14-13-21(35-3)16-24(23)36-4/h9-14,16,22H,6-8,15,17-18H2,1-5H3,(H,28,32). The quantitative estimate of drug-likeness (QED) is 0.356. The van der Waals surface area contributed by atoms with Crippen molar-refractivity contribution >= 4 is 39.1 Å². The molecular formula is C26H36ClN3O6S. The molecule has 0 aromatic heterocycles. The number of rotatable bonds is 14. The van der Waals surface area contributed by atoms with Crippen LogP contribution in [0.1, 0.15) is 38.7 Å². The number of benzene rings is 2. The number of anilines is 1. The summed E-state index contributed by atoms with van der Waals surface area (Å²) in [7, 11) is -1.01. The lowest BCUT2D eigenvalue weighted by Gasteiger charge is -2.33. The van der Waals surface area contributed by atoms with E-state index < -0.39 is 28.5 Å². The van der Waals surface area contributed by atoms with Crippen molar-refractivity contribution in [2.45, 2.75) is 45.7 Å². The number of amides is 2. The largest absolute Gasteiger partial charge is 0.497 e. The molecule has 0 aliphatic carbocycles. The van der Waals surface area contributed by atoms with E-state index in [0.717, 1.165) is 29.0 Å². The van der Waals surface area contributed by atoms with Gasteiger partial charge in [-0.1, -0.05) is 44.0 Å². The van der Waals surface area contributed by atoms with Crippen LogP contribution in [0.2, 0.25) is 5.02 Å². The smallest absolute Gasteiger partial charge is 0.244 e. The number of hydrogen-bond acceptors (Lipinski definition) is 6. The van der Waals surface area contributed by atoms with Crippen LogP contribution in [-0.2, 0) is 26.2 Å². The number of carbonyl (C=O) groups is 2. The van der Waals surface area contributed by atoms with Gasteiger partial charge in [-0.25, -0.2) is 8.42 Å². The summed E-state index contributed by atoms with van der Waals surface area (Å²) in [6.45, 7) is 3.91. The Balaban J connectivity index is 2.46. The minimum absolute atomic E-state index is 0.104. The molecule has 2 rings (SSSR count). The second-order valence-electron chi connectivity index (χ2n) is 8.52. The summed E-state index contributed by atoms with van der Waals surface area (Å²) < 4.78 is 37.2. The maximum absolute atomic E-state index is 13.8. The number of hydrogen-bond donors (Lipinski definition) is 1. The predicted molar refractivity (Wildman–Crippen MR) is 146 cm³/mol. The van der Waals surface area contributed by atoms with Crippen LogP contribution in [0.15, 0.2) is 42.5 Å². The van der Waals surface area contributed by atoms with E-state index in [1.165, 1.54) is 25.2 Å². The first-order valence-electron chi connectivity index (χ1n) is 12.1. The van der Waals surface area contributed by atoms with Crippen LogP contribution >= 0.6 is 11.6 Å². The molecule has 204 valence electrons. The van der Waals surface area contributed by atoms with Gasteiger partial charge >= 0.3 is 0 Å². The molecule has 0 saturated heterocycles. The number of sulfonamides is 1. The van der Waals surface area contributed by atoms with Gasteiger partial charge in [0.1, 0.15) is 24.1 Å². The average Bonchev–Trinajstić information content (AvgIpc) is 2.87. The molecule has 0 aliphatic heterocycles. The molecule has 2 amide bonds.